The minimum Gasteiger partial charge on any atom is -0.374 e. The number of hydrogen-bond donors (Lipinski definition) is 1. The van der Waals surface area contributed by atoms with Crippen LogP contribution in [0.5, 0.6) is 0 Å². The van der Waals surface area contributed by atoms with Gasteiger partial charge in [0.05, 0.1) is 13.2 Å². The molecule has 6 nitrogen and oxygen atoms in total. The quantitative estimate of drug-likeness (QED) is 0.409. The Labute approximate surface area is 74.7 Å². The lowest BCUT2D eigenvalue weighted by Gasteiger charge is -2.29. The first-order chi connectivity index (χ1) is 6.08. The van der Waals surface area contributed by atoms with Crippen LogP contribution >= 0.6 is 7.82 Å². The van der Waals surface area contributed by atoms with Gasteiger partial charge in [0.2, 0.25) is 0 Å². The first-order valence-electron chi connectivity index (χ1n) is 3.69. The van der Waals surface area contributed by atoms with Crippen LogP contribution in [0.1, 0.15) is 0 Å². The second-order valence-electron chi connectivity index (χ2n) is 2.68. The van der Waals surface area contributed by atoms with E-state index in [-0.39, 0.29) is 6.61 Å². The van der Waals surface area contributed by atoms with Crippen LogP contribution in [0.4, 0.5) is 0 Å². The molecule has 0 aromatic rings. The smallest absolute Gasteiger partial charge is 0.374 e. The number of aliphatic hydroxyl groups is 1. The summed E-state index contributed by atoms with van der Waals surface area (Å²) in [4.78, 5) is 0. The number of hydrogen-bond acceptors (Lipinski definition) is 6. The Morgan fingerprint density at radius 1 is 1.69 bits per heavy atom. The highest BCUT2D eigenvalue weighted by Crippen LogP contribution is 2.73. The van der Waals surface area contributed by atoms with Crippen LogP contribution in [-0.2, 0) is 22.9 Å². The molecular formula is C6H9O6P. The fourth-order valence-corrected chi connectivity index (χ4v) is 2.59. The zero-order valence-electron chi connectivity index (χ0n) is 6.71. The highest BCUT2D eigenvalue weighted by atomic mass is 31.2. The molecule has 0 aromatic carbocycles. The van der Waals surface area contributed by atoms with Crippen molar-refractivity contribution < 1.29 is 28.0 Å². The predicted octanol–water partition coefficient (Wildman–Crippen LogP) is 0.389. The summed E-state index contributed by atoms with van der Waals surface area (Å²) in [5.74, 6) is -1.88. The molecule has 74 valence electrons. The lowest BCUT2D eigenvalue weighted by Crippen LogP contribution is -2.45. The van der Waals surface area contributed by atoms with Gasteiger partial charge in [0.25, 0.3) is 0 Å². The molecule has 3 saturated heterocycles. The Bertz CT molecular complexity index is 266. The van der Waals surface area contributed by atoms with E-state index in [2.05, 4.69) is 15.6 Å². The summed E-state index contributed by atoms with van der Waals surface area (Å²) in [5.41, 5.74) is 0. The van der Waals surface area contributed by atoms with Crippen LogP contribution in [0, 0.1) is 0 Å². The fourth-order valence-electron chi connectivity index (χ4n) is 1.10. The Balaban J connectivity index is 1.88. The third-order valence-corrected chi connectivity index (χ3v) is 3.14. The zero-order valence-corrected chi connectivity index (χ0v) is 7.61. The van der Waals surface area contributed by atoms with Gasteiger partial charge in [0.1, 0.15) is 0 Å². The molecule has 1 unspecified atom stereocenters. The van der Waals surface area contributed by atoms with Crippen LogP contribution in [0.15, 0.2) is 12.7 Å². The van der Waals surface area contributed by atoms with Crippen molar-refractivity contribution in [1.82, 2.24) is 0 Å². The molecule has 0 aromatic heterocycles. The summed E-state index contributed by atoms with van der Waals surface area (Å²) in [7, 11) is -3.43. The SMILES string of the molecule is C=CCOCC1OP2(=O)OC1(O)O2. The van der Waals surface area contributed by atoms with Crippen LogP contribution < -0.4 is 0 Å². The third kappa shape index (κ3) is 1.46. The van der Waals surface area contributed by atoms with E-state index in [1.807, 2.05) is 0 Å². The predicted molar refractivity (Wildman–Crippen MR) is 40.6 cm³/mol. The first-order valence-corrected chi connectivity index (χ1v) is 5.15. The minimum atomic E-state index is -3.43. The monoisotopic (exact) mass is 208 g/mol. The van der Waals surface area contributed by atoms with Crippen molar-refractivity contribution in [3.8, 4) is 0 Å². The van der Waals surface area contributed by atoms with Crippen molar-refractivity contribution in [2.75, 3.05) is 13.2 Å². The van der Waals surface area contributed by atoms with Gasteiger partial charge in [-0.25, -0.2) is 13.6 Å². The van der Waals surface area contributed by atoms with Crippen LogP contribution in [0.3, 0.4) is 0 Å². The summed E-state index contributed by atoms with van der Waals surface area (Å²) in [6.45, 7) is 3.81. The average molecular weight is 208 g/mol. The number of ether oxygens (including phenoxy) is 1. The topological polar surface area (TPSA) is 74.2 Å². The largest absolute Gasteiger partial charge is 0.484 e. The van der Waals surface area contributed by atoms with Crippen molar-refractivity contribution >= 4 is 7.82 Å². The highest BCUT2D eigenvalue weighted by molar-refractivity contribution is 7.50. The summed E-state index contributed by atoms with van der Waals surface area (Å²) >= 11 is 0. The molecule has 0 amide bonds. The molecule has 1 atom stereocenters. The van der Waals surface area contributed by atoms with Crippen molar-refractivity contribution in [2.45, 2.75) is 12.1 Å². The Morgan fingerprint density at radius 3 is 2.85 bits per heavy atom. The molecular weight excluding hydrogens is 199 g/mol. The Morgan fingerprint density at radius 2 is 2.38 bits per heavy atom. The van der Waals surface area contributed by atoms with Crippen molar-refractivity contribution in [1.29, 1.82) is 0 Å². The number of rotatable bonds is 4. The van der Waals surface area contributed by atoms with Crippen molar-refractivity contribution in [2.24, 2.45) is 0 Å². The molecule has 3 fully saturated rings. The summed E-state index contributed by atoms with van der Waals surface area (Å²) < 4.78 is 29.8. The zero-order chi connectivity index (χ0) is 9.53. The first kappa shape index (κ1) is 9.33. The standard InChI is InChI=1S/C6H9O6P/c1-2-3-9-4-5-6(7)11-13(8,10-5)12-6/h2,5,7H,1,3-4H2. The molecule has 3 rings (SSSR count). The van der Waals surface area contributed by atoms with Crippen LogP contribution in [0.25, 0.3) is 0 Å². The molecule has 1 N–H and O–H groups in total. The van der Waals surface area contributed by atoms with Gasteiger partial charge < -0.3 is 9.84 Å². The second kappa shape index (κ2) is 2.88. The fraction of sp³-hybridized carbons (Fsp3) is 0.667. The third-order valence-electron chi connectivity index (χ3n) is 1.65. The number of phosphoric ester groups is 1. The maximum Gasteiger partial charge on any atom is 0.484 e. The van der Waals surface area contributed by atoms with Gasteiger partial charge in [-0.3, -0.25) is 4.52 Å². The van der Waals surface area contributed by atoms with Crippen molar-refractivity contribution in [3.63, 3.8) is 0 Å². The van der Waals surface area contributed by atoms with Crippen molar-refractivity contribution in [3.05, 3.63) is 12.7 Å². The van der Waals surface area contributed by atoms with Gasteiger partial charge >= 0.3 is 13.8 Å². The molecule has 2 bridgehead atoms. The molecule has 3 aliphatic heterocycles. The van der Waals surface area contributed by atoms with Gasteiger partial charge in [-0.05, 0) is 0 Å². The maximum absolute atomic E-state index is 11.0. The average Bonchev–Trinajstić information content (AvgIpc) is 2.36. The van der Waals surface area contributed by atoms with E-state index >= 15 is 0 Å². The molecule has 3 heterocycles. The number of fused-ring (bicyclic) bond motifs is 1. The van der Waals surface area contributed by atoms with E-state index < -0.39 is 19.9 Å². The van der Waals surface area contributed by atoms with Gasteiger partial charge in [-0.1, -0.05) is 6.08 Å². The maximum atomic E-state index is 11.0. The summed E-state index contributed by atoms with van der Waals surface area (Å²) in [6.07, 6.45) is 0.700. The Kier molecular flexibility index (Phi) is 2.07. The van der Waals surface area contributed by atoms with E-state index in [0.717, 1.165) is 0 Å². The van der Waals surface area contributed by atoms with E-state index in [0.29, 0.717) is 6.61 Å². The molecule has 13 heavy (non-hydrogen) atoms. The van der Waals surface area contributed by atoms with Gasteiger partial charge in [-0.2, -0.15) is 0 Å². The van der Waals surface area contributed by atoms with Gasteiger partial charge in [-0.15, -0.1) is 6.58 Å². The van der Waals surface area contributed by atoms with E-state index in [1.54, 1.807) is 6.08 Å². The minimum absolute atomic E-state index is 0.0481. The van der Waals surface area contributed by atoms with Crippen LogP contribution in [0.2, 0.25) is 0 Å². The van der Waals surface area contributed by atoms with Crippen LogP contribution in [-0.4, -0.2) is 30.4 Å². The number of phosphoric acid groups is 1. The normalized spacial score (nSPS) is 47.3. The van der Waals surface area contributed by atoms with Gasteiger partial charge in [0, 0.05) is 0 Å². The second-order valence-corrected chi connectivity index (χ2v) is 4.15. The lowest BCUT2D eigenvalue weighted by atomic mass is 10.3. The molecule has 0 radical (unpaired) electrons. The molecule has 0 saturated carbocycles. The molecule has 7 heteroatoms. The van der Waals surface area contributed by atoms with Gasteiger partial charge in [0.15, 0.2) is 6.10 Å². The Hall–Kier alpha value is -0.230. The van der Waals surface area contributed by atoms with E-state index in [4.69, 9.17) is 9.26 Å². The summed E-state index contributed by atoms with van der Waals surface area (Å²) in [6, 6.07) is 0. The molecule has 0 spiro atoms. The molecule has 3 aliphatic rings. The summed E-state index contributed by atoms with van der Waals surface area (Å²) in [5, 5.41) is 9.34. The highest BCUT2D eigenvalue weighted by Gasteiger charge is 2.71. The molecule has 0 aliphatic carbocycles. The van der Waals surface area contributed by atoms with E-state index in [1.165, 1.54) is 0 Å². The van der Waals surface area contributed by atoms with E-state index in [9.17, 15) is 9.67 Å². The lowest BCUT2D eigenvalue weighted by molar-refractivity contribution is -0.327.